The fraction of sp³-hybridized carbons (Fsp3) is 0.278. The number of para-hydroxylation sites is 1. The molecule has 0 fully saturated rings. The molecule has 1 atom stereocenters. The van der Waals surface area contributed by atoms with Crippen molar-refractivity contribution in [2.75, 3.05) is 24.5 Å². The Labute approximate surface area is 150 Å². The molecule has 1 aliphatic rings. The first kappa shape index (κ1) is 17.0. The van der Waals surface area contributed by atoms with E-state index in [0.29, 0.717) is 12.5 Å². The third-order valence-electron chi connectivity index (χ3n) is 3.77. The number of hydrogen-bond donors (Lipinski definition) is 0. The molecule has 0 aromatic heterocycles. The average molecular weight is 364 g/mol. The van der Waals surface area contributed by atoms with Crippen LogP contribution in [-0.2, 0) is 4.79 Å². The molecule has 0 saturated heterocycles. The number of benzene rings is 2. The van der Waals surface area contributed by atoms with E-state index in [0.717, 1.165) is 40.5 Å². The summed E-state index contributed by atoms with van der Waals surface area (Å²) >= 11 is 7.36. The molecule has 1 heterocycles. The fourth-order valence-corrected chi connectivity index (χ4v) is 4.00. The Bertz CT molecular complexity index is 725. The highest BCUT2D eigenvalue weighted by molar-refractivity contribution is 8.00. The number of nitrogens with zero attached hydrogens (tertiary/aromatic N) is 1. The molecule has 6 heteroatoms. The molecule has 0 N–H and O–H groups in total. The van der Waals surface area contributed by atoms with Gasteiger partial charge < -0.3 is 9.47 Å². The topological polar surface area (TPSA) is 38.8 Å². The average Bonchev–Trinajstić information content (AvgIpc) is 3.00. The number of fused-ring (bicyclic) bond motifs is 1. The molecule has 2 aromatic carbocycles. The third-order valence-corrected chi connectivity index (χ3v) is 5.34. The van der Waals surface area contributed by atoms with Crippen molar-refractivity contribution in [3.63, 3.8) is 0 Å². The molecule has 0 bridgehead atoms. The zero-order valence-corrected chi connectivity index (χ0v) is 14.8. The van der Waals surface area contributed by atoms with Crippen LogP contribution in [0.25, 0.3) is 0 Å². The molecule has 0 spiro atoms. The molecule has 2 aromatic rings. The summed E-state index contributed by atoms with van der Waals surface area (Å²) in [6.45, 7) is 0.536. The summed E-state index contributed by atoms with van der Waals surface area (Å²) in [6, 6.07) is 13.5. The van der Waals surface area contributed by atoms with E-state index in [-0.39, 0.29) is 5.37 Å². The number of methoxy groups -OCH3 is 1. The number of carbonyl (C=O) groups excluding carboxylic acids is 1. The molecular weight excluding hydrogens is 346 g/mol. The quantitative estimate of drug-likeness (QED) is 0.413. The molecule has 126 valence electrons. The zero-order valence-electron chi connectivity index (χ0n) is 13.3. The Balaban J connectivity index is 1.96. The zero-order chi connectivity index (χ0) is 16.9. The lowest BCUT2D eigenvalue weighted by molar-refractivity contribution is -0.107. The van der Waals surface area contributed by atoms with Gasteiger partial charge in [-0.2, -0.15) is 0 Å². The van der Waals surface area contributed by atoms with E-state index in [9.17, 15) is 4.79 Å². The molecule has 1 aliphatic heterocycles. The highest BCUT2D eigenvalue weighted by Crippen LogP contribution is 2.52. The van der Waals surface area contributed by atoms with Crippen LogP contribution in [-0.4, -0.2) is 26.0 Å². The van der Waals surface area contributed by atoms with Gasteiger partial charge in [0.2, 0.25) is 6.41 Å². The van der Waals surface area contributed by atoms with Crippen molar-refractivity contribution in [3.8, 4) is 11.5 Å². The van der Waals surface area contributed by atoms with Crippen LogP contribution in [0.5, 0.6) is 11.5 Å². The van der Waals surface area contributed by atoms with Crippen molar-refractivity contribution in [2.45, 2.75) is 16.7 Å². The first-order valence-corrected chi connectivity index (χ1v) is 9.06. The molecule has 0 aliphatic carbocycles. The van der Waals surface area contributed by atoms with Gasteiger partial charge in [0.25, 0.3) is 0 Å². The third kappa shape index (κ3) is 3.32. The summed E-state index contributed by atoms with van der Waals surface area (Å²) in [5, 5.41) is -0.180. The van der Waals surface area contributed by atoms with Gasteiger partial charge >= 0.3 is 0 Å². The van der Waals surface area contributed by atoms with Crippen LogP contribution in [0.4, 0.5) is 5.69 Å². The van der Waals surface area contributed by atoms with Gasteiger partial charge in [-0.3, -0.25) is 9.69 Å². The van der Waals surface area contributed by atoms with Crippen LogP contribution >= 0.6 is 23.4 Å². The second kappa shape index (κ2) is 7.81. The van der Waals surface area contributed by atoms with Crippen molar-refractivity contribution in [1.29, 1.82) is 0 Å². The van der Waals surface area contributed by atoms with Gasteiger partial charge in [0, 0.05) is 16.3 Å². The molecule has 0 radical (unpaired) electrons. The number of alkyl halides is 1. The number of rotatable bonds is 7. The molecule has 3 rings (SSSR count). The fourth-order valence-electron chi connectivity index (χ4n) is 2.61. The second-order valence-electron chi connectivity index (χ2n) is 5.25. The minimum atomic E-state index is -0.180. The summed E-state index contributed by atoms with van der Waals surface area (Å²) in [5.41, 5.74) is 1.83. The van der Waals surface area contributed by atoms with Crippen molar-refractivity contribution >= 4 is 35.5 Å². The summed E-state index contributed by atoms with van der Waals surface area (Å²) in [7, 11) is 1.63. The largest absolute Gasteiger partial charge is 0.497 e. The minimum absolute atomic E-state index is 0.180. The van der Waals surface area contributed by atoms with E-state index in [1.165, 1.54) is 0 Å². The van der Waals surface area contributed by atoms with E-state index < -0.39 is 0 Å². The molecule has 1 amide bonds. The Morgan fingerprint density at radius 3 is 2.88 bits per heavy atom. The monoisotopic (exact) mass is 363 g/mol. The van der Waals surface area contributed by atoms with Gasteiger partial charge in [-0.05, 0) is 36.8 Å². The van der Waals surface area contributed by atoms with Crippen LogP contribution in [0.1, 0.15) is 17.4 Å². The van der Waals surface area contributed by atoms with E-state index >= 15 is 0 Å². The normalized spacial score (nSPS) is 15.9. The predicted molar refractivity (Wildman–Crippen MR) is 97.4 cm³/mol. The summed E-state index contributed by atoms with van der Waals surface area (Å²) in [6.07, 6.45) is 1.63. The molecule has 1 unspecified atom stereocenters. The Kier molecular flexibility index (Phi) is 5.53. The number of anilines is 1. The maximum atomic E-state index is 11.7. The highest BCUT2D eigenvalue weighted by Gasteiger charge is 2.33. The van der Waals surface area contributed by atoms with Gasteiger partial charge in [0.15, 0.2) is 0 Å². The predicted octanol–water partition coefficient (Wildman–Crippen LogP) is 4.47. The van der Waals surface area contributed by atoms with Crippen molar-refractivity contribution in [1.82, 2.24) is 0 Å². The van der Waals surface area contributed by atoms with E-state index in [1.54, 1.807) is 23.8 Å². The number of amides is 1. The SMILES string of the molecule is COc1ccc(OCCCCl)c(C2Sc3ccccc3N2C=O)c1. The number of ether oxygens (including phenoxy) is 2. The van der Waals surface area contributed by atoms with Crippen molar-refractivity contribution < 1.29 is 14.3 Å². The summed E-state index contributed by atoms with van der Waals surface area (Å²) in [5.74, 6) is 2.03. The first-order chi connectivity index (χ1) is 11.8. The van der Waals surface area contributed by atoms with Crippen LogP contribution in [0.2, 0.25) is 0 Å². The van der Waals surface area contributed by atoms with Crippen LogP contribution < -0.4 is 14.4 Å². The standard InChI is InChI=1S/C18H18ClNO3S/c1-22-13-7-8-16(23-10-4-9-19)14(11-13)18-20(12-21)15-5-2-3-6-17(15)24-18/h2-3,5-8,11-12,18H,4,9-10H2,1H3. The maximum Gasteiger partial charge on any atom is 0.215 e. The van der Waals surface area contributed by atoms with Gasteiger partial charge in [-0.1, -0.05) is 23.9 Å². The summed E-state index contributed by atoms with van der Waals surface area (Å²) in [4.78, 5) is 14.5. The molecule has 4 nitrogen and oxygen atoms in total. The highest BCUT2D eigenvalue weighted by atomic mass is 35.5. The van der Waals surface area contributed by atoms with Gasteiger partial charge in [-0.15, -0.1) is 11.6 Å². The minimum Gasteiger partial charge on any atom is -0.497 e. The van der Waals surface area contributed by atoms with Crippen LogP contribution in [0, 0.1) is 0 Å². The number of halogens is 1. The number of thioether (sulfide) groups is 1. The van der Waals surface area contributed by atoms with Gasteiger partial charge in [-0.25, -0.2) is 0 Å². The van der Waals surface area contributed by atoms with Gasteiger partial charge in [0.05, 0.1) is 19.4 Å². The Morgan fingerprint density at radius 1 is 1.29 bits per heavy atom. The Hall–Kier alpha value is -1.85. The lowest BCUT2D eigenvalue weighted by atomic mass is 10.1. The molecular formula is C18H18ClNO3S. The molecule has 0 saturated carbocycles. The van der Waals surface area contributed by atoms with Crippen LogP contribution in [0.15, 0.2) is 47.4 Å². The molecule has 24 heavy (non-hydrogen) atoms. The van der Waals surface area contributed by atoms with E-state index in [1.807, 2.05) is 42.5 Å². The Morgan fingerprint density at radius 2 is 2.12 bits per heavy atom. The number of carbonyl (C=O) groups is 1. The lowest BCUT2D eigenvalue weighted by Gasteiger charge is -2.23. The van der Waals surface area contributed by atoms with Crippen molar-refractivity contribution in [3.05, 3.63) is 48.0 Å². The van der Waals surface area contributed by atoms with Crippen LogP contribution in [0.3, 0.4) is 0 Å². The first-order valence-electron chi connectivity index (χ1n) is 7.64. The lowest BCUT2D eigenvalue weighted by Crippen LogP contribution is -2.21. The summed E-state index contributed by atoms with van der Waals surface area (Å²) < 4.78 is 11.2. The second-order valence-corrected chi connectivity index (χ2v) is 6.75. The van der Waals surface area contributed by atoms with Crippen molar-refractivity contribution in [2.24, 2.45) is 0 Å². The maximum absolute atomic E-state index is 11.7. The van der Waals surface area contributed by atoms with E-state index in [2.05, 4.69) is 0 Å². The number of hydrogen-bond acceptors (Lipinski definition) is 4. The van der Waals surface area contributed by atoms with Gasteiger partial charge in [0.1, 0.15) is 16.9 Å². The smallest absolute Gasteiger partial charge is 0.215 e. The van der Waals surface area contributed by atoms with E-state index in [4.69, 9.17) is 21.1 Å².